The van der Waals surface area contributed by atoms with Gasteiger partial charge in [-0.15, -0.1) is 0 Å². The van der Waals surface area contributed by atoms with Crippen molar-refractivity contribution in [2.45, 2.75) is 393 Å². The largest absolute Gasteiger partial charge is 0.472 e. The first-order chi connectivity index (χ1) is 52.7. The maximum absolute atomic E-state index is 13.1. The molecule has 0 saturated carbocycles. The van der Waals surface area contributed by atoms with E-state index in [9.17, 15) is 43.2 Å². The minimum absolute atomic E-state index is 0.0325. The van der Waals surface area contributed by atoms with Gasteiger partial charge in [0.2, 0.25) is 0 Å². The van der Waals surface area contributed by atoms with Gasteiger partial charge in [-0.2, -0.15) is 0 Å². The lowest BCUT2D eigenvalue weighted by molar-refractivity contribution is -0.161. The quantitative estimate of drug-likeness (QED) is 0.0169. The molecule has 0 aliphatic heterocycles. The predicted molar refractivity (Wildman–Crippen MR) is 445 cm³/mol. The molecule has 0 amide bonds. The van der Waals surface area contributed by atoms with E-state index in [0.29, 0.717) is 32.1 Å². The molecule has 0 aliphatic carbocycles. The van der Waals surface area contributed by atoms with Crippen molar-refractivity contribution >= 4 is 39.5 Å². The number of hydrogen-bond acceptors (Lipinski definition) is 15. The Balaban J connectivity index is 5.43. The number of carbonyl (C=O) groups is 4. The normalized spacial score (nSPS) is 14.3. The summed E-state index contributed by atoms with van der Waals surface area (Å²) in [6.07, 6.45) is 89.2. The number of aliphatic hydroxyl groups is 1. The van der Waals surface area contributed by atoms with Crippen LogP contribution in [0.3, 0.4) is 0 Å². The zero-order valence-electron chi connectivity index (χ0n) is 68.5. The van der Waals surface area contributed by atoms with Crippen molar-refractivity contribution in [3.05, 3.63) is 109 Å². The Hall–Kier alpha value is -4.28. The van der Waals surface area contributed by atoms with E-state index in [-0.39, 0.29) is 25.7 Å². The summed E-state index contributed by atoms with van der Waals surface area (Å²) in [5.41, 5.74) is 0. The van der Waals surface area contributed by atoms with E-state index >= 15 is 0 Å². The van der Waals surface area contributed by atoms with Gasteiger partial charge in [-0.3, -0.25) is 37.3 Å². The van der Waals surface area contributed by atoms with Gasteiger partial charge in [0.1, 0.15) is 19.3 Å². The summed E-state index contributed by atoms with van der Waals surface area (Å²) in [5.74, 6) is -2.26. The second kappa shape index (κ2) is 80.8. The summed E-state index contributed by atoms with van der Waals surface area (Å²) >= 11 is 0. The summed E-state index contributed by atoms with van der Waals surface area (Å²) in [5, 5.41) is 10.7. The highest BCUT2D eigenvalue weighted by atomic mass is 31.2. The molecule has 0 heterocycles. The molecule has 0 aromatic carbocycles. The van der Waals surface area contributed by atoms with Crippen LogP contribution in [-0.4, -0.2) is 96.7 Å². The van der Waals surface area contributed by atoms with Crippen LogP contribution >= 0.6 is 15.6 Å². The molecule has 0 bridgehead atoms. The predicted octanol–water partition coefficient (Wildman–Crippen LogP) is 25.7. The Morgan fingerprint density at radius 2 is 0.500 bits per heavy atom. The minimum Gasteiger partial charge on any atom is -0.462 e. The van der Waals surface area contributed by atoms with E-state index in [1.807, 2.05) is 18.2 Å². The fraction of sp³-hybridized carbons (Fsp3) is 0.753. The SMILES string of the molecule is CC/C=C\C/C=C\C/C=C\C/C=C\C/C=C\C/C=C\CCC(=O)OCC(COP(=O)(O)OCC(O)COP(=O)(O)OCC(COC(=O)CCCCCCCCCCCCCCCCC)OC(=O)CCCCCCCCCCCCCCCCC)OC(=O)CCCCCCCC/C=C\C/C=C\C/C=C\CCCCC. The summed E-state index contributed by atoms with van der Waals surface area (Å²) in [6.45, 7) is 4.72. The number of esters is 4. The van der Waals surface area contributed by atoms with Crippen molar-refractivity contribution in [1.29, 1.82) is 0 Å². The zero-order chi connectivity index (χ0) is 78.9. The smallest absolute Gasteiger partial charge is 0.462 e. The van der Waals surface area contributed by atoms with Gasteiger partial charge in [-0.25, -0.2) is 9.13 Å². The Morgan fingerprint density at radius 3 is 0.815 bits per heavy atom. The van der Waals surface area contributed by atoms with E-state index < -0.39 is 97.5 Å². The van der Waals surface area contributed by atoms with E-state index in [4.69, 9.17) is 37.0 Å². The van der Waals surface area contributed by atoms with Crippen molar-refractivity contribution in [2.75, 3.05) is 39.6 Å². The van der Waals surface area contributed by atoms with Crippen LogP contribution in [-0.2, 0) is 65.4 Å². The molecular weight excluding hydrogens is 1400 g/mol. The van der Waals surface area contributed by atoms with Crippen molar-refractivity contribution < 1.29 is 80.2 Å². The van der Waals surface area contributed by atoms with Gasteiger partial charge in [0.15, 0.2) is 12.2 Å². The molecule has 0 aromatic rings. The molecule has 0 rings (SSSR count). The molecule has 3 N–H and O–H groups in total. The number of aliphatic hydroxyl groups excluding tert-OH is 1. The Labute approximate surface area is 658 Å². The Kier molecular flexibility index (Phi) is 77.6. The molecule has 0 spiro atoms. The first-order valence-corrected chi connectivity index (χ1v) is 46.1. The van der Waals surface area contributed by atoms with Gasteiger partial charge < -0.3 is 33.8 Å². The number of unbranched alkanes of at least 4 members (excludes halogenated alkanes) is 37. The van der Waals surface area contributed by atoms with Crippen LogP contribution < -0.4 is 0 Å². The van der Waals surface area contributed by atoms with Gasteiger partial charge in [0.25, 0.3) is 0 Å². The summed E-state index contributed by atoms with van der Waals surface area (Å²) in [7, 11) is -9.98. The molecule has 5 unspecified atom stereocenters. The highest BCUT2D eigenvalue weighted by Gasteiger charge is 2.30. The van der Waals surface area contributed by atoms with Gasteiger partial charge in [0, 0.05) is 25.7 Å². The lowest BCUT2D eigenvalue weighted by Crippen LogP contribution is -2.30. The number of hydrogen-bond donors (Lipinski definition) is 3. The number of allylic oxidation sites excluding steroid dienone is 18. The van der Waals surface area contributed by atoms with Gasteiger partial charge in [-0.05, 0) is 103 Å². The third-order valence-electron chi connectivity index (χ3n) is 18.3. The molecule has 19 heteroatoms. The number of ether oxygens (including phenoxy) is 4. The highest BCUT2D eigenvalue weighted by Crippen LogP contribution is 2.45. The molecule has 0 radical (unpaired) electrons. The highest BCUT2D eigenvalue weighted by molar-refractivity contribution is 7.47. The average molecular weight is 1560 g/mol. The lowest BCUT2D eigenvalue weighted by Gasteiger charge is -2.21. The average Bonchev–Trinajstić information content (AvgIpc) is 0.896. The van der Waals surface area contributed by atoms with Crippen molar-refractivity contribution in [3.8, 4) is 0 Å². The van der Waals surface area contributed by atoms with Gasteiger partial charge >= 0.3 is 39.5 Å². The molecular formula is C89H156O17P2. The van der Waals surface area contributed by atoms with E-state index in [1.54, 1.807) is 0 Å². The molecule has 0 fully saturated rings. The molecule has 5 atom stereocenters. The summed E-state index contributed by atoms with van der Waals surface area (Å²) < 4.78 is 68.8. The second-order valence-electron chi connectivity index (χ2n) is 28.8. The first-order valence-electron chi connectivity index (χ1n) is 43.1. The van der Waals surface area contributed by atoms with Crippen molar-refractivity contribution in [1.82, 2.24) is 0 Å². The Morgan fingerprint density at radius 1 is 0.269 bits per heavy atom. The van der Waals surface area contributed by atoms with Crippen LogP contribution in [0, 0.1) is 0 Å². The van der Waals surface area contributed by atoms with Crippen LogP contribution in [0.2, 0.25) is 0 Å². The van der Waals surface area contributed by atoms with Crippen LogP contribution in [0.5, 0.6) is 0 Å². The fourth-order valence-electron chi connectivity index (χ4n) is 11.7. The summed E-state index contributed by atoms with van der Waals surface area (Å²) in [4.78, 5) is 73.2. The number of rotatable bonds is 81. The lowest BCUT2D eigenvalue weighted by atomic mass is 10.0. The topological polar surface area (TPSA) is 237 Å². The molecule has 17 nitrogen and oxygen atoms in total. The van der Waals surface area contributed by atoms with Crippen molar-refractivity contribution in [2.24, 2.45) is 0 Å². The maximum atomic E-state index is 13.1. The molecule has 0 aromatic heterocycles. The Bertz CT molecular complexity index is 2470. The standard InChI is InChI=1S/C89H156O17P2/c1-5-9-13-17-21-25-29-33-37-39-41-43-47-50-54-58-62-66-70-74-87(92)100-80-85(106-89(94)76-72-68-64-60-56-52-48-44-42-40-38-34-30-26-22-18-14-10-6-2)82-104-108(97,98)102-78-83(90)77-101-107(95,96)103-81-84(105-88(93)75-71-67-63-59-55-51-46-36-32-28-24-20-16-12-8-4)79-99-86(91)73-69-65-61-57-53-49-45-35-31-27-23-19-15-11-7-3/h9,13,21-22,25-26,33-34,37-38,41-44,50,54,62,66,83-85,90H,5-8,10-12,14-20,23-24,27-32,35-36,39-40,45-49,51-53,55-61,63-65,67-82H2,1-4H3,(H,95,96)(H,97,98)/b13-9-,25-21-,26-22-,37-33-,38-34-,43-41-,44-42-,54-50-,66-62-. The molecule has 0 saturated heterocycles. The summed E-state index contributed by atoms with van der Waals surface area (Å²) in [6, 6.07) is 0. The zero-order valence-corrected chi connectivity index (χ0v) is 70.3. The minimum atomic E-state index is -5.00. The maximum Gasteiger partial charge on any atom is 0.472 e. The van der Waals surface area contributed by atoms with E-state index in [2.05, 4.69) is 119 Å². The van der Waals surface area contributed by atoms with Crippen molar-refractivity contribution in [3.63, 3.8) is 0 Å². The fourth-order valence-corrected chi connectivity index (χ4v) is 13.3. The van der Waals surface area contributed by atoms with E-state index in [1.165, 1.54) is 154 Å². The third kappa shape index (κ3) is 79.8. The molecule has 108 heavy (non-hydrogen) atoms. The number of phosphoric acid groups is 2. The number of phosphoric ester groups is 2. The van der Waals surface area contributed by atoms with Crippen LogP contribution in [0.25, 0.3) is 0 Å². The monoisotopic (exact) mass is 1560 g/mol. The van der Waals surface area contributed by atoms with Gasteiger partial charge in [-0.1, -0.05) is 355 Å². The molecule has 0 aliphatic rings. The molecule has 624 valence electrons. The third-order valence-corrected chi connectivity index (χ3v) is 20.2. The van der Waals surface area contributed by atoms with E-state index in [0.717, 1.165) is 135 Å². The van der Waals surface area contributed by atoms with Gasteiger partial charge in [0.05, 0.1) is 26.4 Å². The number of carbonyl (C=O) groups excluding carboxylic acids is 4. The van der Waals surface area contributed by atoms with Crippen LogP contribution in [0.1, 0.15) is 374 Å². The van der Waals surface area contributed by atoms with Crippen LogP contribution in [0.4, 0.5) is 0 Å². The first kappa shape index (κ1) is 104. The van der Waals surface area contributed by atoms with Crippen LogP contribution in [0.15, 0.2) is 109 Å². The second-order valence-corrected chi connectivity index (χ2v) is 31.7.